The smallest absolute Gasteiger partial charge is 0.242 e. The van der Waals surface area contributed by atoms with Crippen LogP contribution in [0, 0.1) is 11.8 Å². The molecule has 1 amide bonds. The highest BCUT2D eigenvalue weighted by Crippen LogP contribution is 2.34. The Balaban J connectivity index is 1.94. The first-order valence-corrected chi connectivity index (χ1v) is 8.52. The molecule has 2 atom stereocenters. The van der Waals surface area contributed by atoms with Crippen molar-refractivity contribution in [1.29, 1.82) is 0 Å². The van der Waals surface area contributed by atoms with Crippen LogP contribution in [0.15, 0.2) is 0 Å². The highest BCUT2D eigenvalue weighted by molar-refractivity contribution is 5.86. The van der Waals surface area contributed by atoms with Crippen molar-refractivity contribution >= 4 is 5.91 Å². The molecular formula is C17H32N2O. The molecule has 2 N–H and O–H groups in total. The van der Waals surface area contributed by atoms with E-state index < -0.39 is 5.54 Å². The summed E-state index contributed by atoms with van der Waals surface area (Å²) in [5.74, 6) is 1.65. The summed E-state index contributed by atoms with van der Waals surface area (Å²) in [7, 11) is 1.98. The van der Waals surface area contributed by atoms with E-state index in [-0.39, 0.29) is 5.91 Å². The Kier molecular flexibility index (Phi) is 5.11. The first kappa shape index (κ1) is 15.8. The second-order valence-electron chi connectivity index (χ2n) is 7.36. The number of nitrogens with two attached hydrogens (primary N) is 1. The molecule has 0 aromatic heterocycles. The molecule has 0 radical (unpaired) electrons. The van der Waals surface area contributed by atoms with Crippen molar-refractivity contribution in [2.45, 2.75) is 83.2 Å². The molecule has 0 heterocycles. The van der Waals surface area contributed by atoms with Crippen molar-refractivity contribution in [3.63, 3.8) is 0 Å². The molecule has 2 unspecified atom stereocenters. The number of hydrogen-bond acceptors (Lipinski definition) is 2. The Morgan fingerprint density at radius 1 is 1.25 bits per heavy atom. The van der Waals surface area contributed by atoms with Crippen LogP contribution >= 0.6 is 0 Å². The molecule has 116 valence electrons. The zero-order chi connectivity index (χ0) is 14.8. The van der Waals surface area contributed by atoms with Crippen LogP contribution in [0.4, 0.5) is 0 Å². The average molecular weight is 280 g/mol. The van der Waals surface area contributed by atoms with Crippen LogP contribution in [0.1, 0.15) is 71.6 Å². The second-order valence-corrected chi connectivity index (χ2v) is 7.36. The third kappa shape index (κ3) is 3.36. The molecule has 0 aromatic carbocycles. The van der Waals surface area contributed by atoms with E-state index in [4.69, 9.17) is 5.73 Å². The van der Waals surface area contributed by atoms with Gasteiger partial charge in [-0.05, 0) is 50.4 Å². The lowest BCUT2D eigenvalue weighted by molar-refractivity contribution is -0.140. The first-order valence-electron chi connectivity index (χ1n) is 8.52. The van der Waals surface area contributed by atoms with Crippen LogP contribution in [-0.2, 0) is 4.79 Å². The Morgan fingerprint density at radius 2 is 1.90 bits per heavy atom. The molecule has 2 rings (SSSR count). The number of nitrogens with zero attached hydrogens (tertiary/aromatic N) is 1. The van der Waals surface area contributed by atoms with E-state index in [0.29, 0.717) is 12.0 Å². The number of amides is 1. The number of carbonyl (C=O) groups excluding carboxylic acids is 1. The minimum atomic E-state index is -0.589. The maximum atomic E-state index is 12.8. The third-order valence-electron chi connectivity index (χ3n) is 5.72. The predicted molar refractivity (Wildman–Crippen MR) is 83.4 cm³/mol. The summed E-state index contributed by atoms with van der Waals surface area (Å²) in [5.41, 5.74) is 5.87. The molecule has 3 heteroatoms. The first-order chi connectivity index (χ1) is 9.46. The van der Waals surface area contributed by atoms with Crippen molar-refractivity contribution in [3.05, 3.63) is 0 Å². The highest BCUT2D eigenvalue weighted by Gasteiger charge is 2.41. The van der Waals surface area contributed by atoms with Gasteiger partial charge in [0.2, 0.25) is 5.91 Å². The number of rotatable bonds is 3. The number of hydrogen-bond donors (Lipinski definition) is 1. The molecule has 20 heavy (non-hydrogen) atoms. The lowest BCUT2D eigenvalue weighted by Crippen LogP contribution is -2.58. The average Bonchev–Trinajstić information content (AvgIpc) is 2.45. The number of carbonyl (C=O) groups is 1. The topological polar surface area (TPSA) is 46.3 Å². The van der Waals surface area contributed by atoms with Crippen LogP contribution in [0.25, 0.3) is 0 Å². The van der Waals surface area contributed by atoms with E-state index in [2.05, 4.69) is 13.8 Å². The van der Waals surface area contributed by atoms with Gasteiger partial charge in [-0.15, -0.1) is 0 Å². The van der Waals surface area contributed by atoms with Gasteiger partial charge in [0.05, 0.1) is 5.54 Å². The van der Waals surface area contributed by atoms with E-state index in [0.717, 1.165) is 38.0 Å². The molecule has 0 saturated heterocycles. The van der Waals surface area contributed by atoms with Gasteiger partial charge in [0.15, 0.2) is 0 Å². The predicted octanol–water partition coefficient (Wildman–Crippen LogP) is 3.32. The van der Waals surface area contributed by atoms with Crippen molar-refractivity contribution in [3.8, 4) is 0 Å². The monoisotopic (exact) mass is 280 g/mol. The molecule has 0 bridgehead atoms. The largest absolute Gasteiger partial charge is 0.341 e. The van der Waals surface area contributed by atoms with Gasteiger partial charge in [0, 0.05) is 13.1 Å². The van der Waals surface area contributed by atoms with Gasteiger partial charge in [0.1, 0.15) is 0 Å². The maximum absolute atomic E-state index is 12.8. The Hall–Kier alpha value is -0.570. The summed E-state index contributed by atoms with van der Waals surface area (Å²) in [6.07, 6.45) is 10.2. The van der Waals surface area contributed by atoms with E-state index in [1.165, 1.54) is 25.7 Å². The SMILES string of the molecule is CCC1CCC(N(C)C(=O)C2(N)CCCC(C)C2)CC1. The fourth-order valence-corrected chi connectivity index (χ4v) is 4.24. The summed E-state index contributed by atoms with van der Waals surface area (Å²) in [5, 5.41) is 0. The zero-order valence-corrected chi connectivity index (χ0v) is 13.5. The summed E-state index contributed by atoms with van der Waals surface area (Å²) in [4.78, 5) is 14.8. The van der Waals surface area contributed by atoms with Crippen LogP contribution in [0.3, 0.4) is 0 Å². The summed E-state index contributed by atoms with van der Waals surface area (Å²) >= 11 is 0. The molecular weight excluding hydrogens is 248 g/mol. The molecule has 2 saturated carbocycles. The quantitative estimate of drug-likeness (QED) is 0.862. The van der Waals surface area contributed by atoms with Gasteiger partial charge in [-0.25, -0.2) is 0 Å². The molecule has 2 fully saturated rings. The molecule has 3 nitrogen and oxygen atoms in total. The van der Waals surface area contributed by atoms with Gasteiger partial charge in [-0.2, -0.15) is 0 Å². The van der Waals surface area contributed by atoms with Crippen LogP contribution in [0.2, 0.25) is 0 Å². The van der Waals surface area contributed by atoms with Crippen molar-refractivity contribution in [1.82, 2.24) is 4.90 Å². The van der Waals surface area contributed by atoms with E-state index in [9.17, 15) is 4.79 Å². The molecule has 0 spiro atoms. The second kappa shape index (κ2) is 6.46. The van der Waals surface area contributed by atoms with Crippen molar-refractivity contribution < 1.29 is 4.79 Å². The lowest BCUT2D eigenvalue weighted by Gasteiger charge is -2.42. The fraction of sp³-hybridized carbons (Fsp3) is 0.941. The van der Waals surface area contributed by atoms with Gasteiger partial charge in [-0.1, -0.05) is 33.1 Å². The van der Waals surface area contributed by atoms with Crippen LogP contribution in [-0.4, -0.2) is 29.4 Å². The zero-order valence-electron chi connectivity index (χ0n) is 13.5. The molecule has 0 aliphatic heterocycles. The van der Waals surface area contributed by atoms with E-state index in [1.807, 2.05) is 11.9 Å². The van der Waals surface area contributed by atoms with Crippen molar-refractivity contribution in [2.24, 2.45) is 17.6 Å². The standard InChI is InChI=1S/C17H32N2O/c1-4-14-7-9-15(10-8-14)19(3)16(20)17(18)11-5-6-13(2)12-17/h13-15H,4-12,18H2,1-3H3. The van der Waals surface area contributed by atoms with Gasteiger partial charge in [0.25, 0.3) is 0 Å². The lowest BCUT2D eigenvalue weighted by atomic mass is 9.75. The van der Waals surface area contributed by atoms with E-state index in [1.54, 1.807) is 0 Å². The summed E-state index contributed by atoms with van der Waals surface area (Å²) in [6, 6.07) is 0.419. The third-order valence-corrected chi connectivity index (χ3v) is 5.72. The Labute approximate surface area is 124 Å². The Bertz CT molecular complexity index is 336. The van der Waals surface area contributed by atoms with Crippen LogP contribution in [0.5, 0.6) is 0 Å². The normalized spacial score (nSPS) is 38.5. The number of likely N-dealkylation sites (N-methyl/N-ethyl adjacent to an activating group) is 1. The maximum Gasteiger partial charge on any atom is 0.242 e. The fourth-order valence-electron chi connectivity index (χ4n) is 4.24. The van der Waals surface area contributed by atoms with Crippen LogP contribution < -0.4 is 5.73 Å². The summed E-state index contributed by atoms with van der Waals surface area (Å²) < 4.78 is 0. The van der Waals surface area contributed by atoms with Gasteiger partial charge in [-0.3, -0.25) is 4.79 Å². The minimum absolute atomic E-state index is 0.198. The molecule has 2 aliphatic rings. The molecule has 2 aliphatic carbocycles. The summed E-state index contributed by atoms with van der Waals surface area (Å²) in [6.45, 7) is 4.50. The van der Waals surface area contributed by atoms with Gasteiger partial charge >= 0.3 is 0 Å². The molecule has 0 aromatic rings. The highest BCUT2D eigenvalue weighted by atomic mass is 16.2. The minimum Gasteiger partial charge on any atom is -0.341 e. The van der Waals surface area contributed by atoms with Gasteiger partial charge < -0.3 is 10.6 Å². The Morgan fingerprint density at radius 3 is 2.45 bits per heavy atom. The van der Waals surface area contributed by atoms with E-state index >= 15 is 0 Å². The van der Waals surface area contributed by atoms with Crippen molar-refractivity contribution in [2.75, 3.05) is 7.05 Å².